The van der Waals surface area contributed by atoms with Gasteiger partial charge in [0.05, 0.1) is 11.0 Å². The number of sulfone groups is 1. The maximum absolute atomic E-state index is 11.4. The molecule has 0 saturated carbocycles. The number of thiophene rings is 1. The van der Waals surface area contributed by atoms with E-state index in [1.54, 1.807) is 0 Å². The molecule has 19 heavy (non-hydrogen) atoms. The van der Waals surface area contributed by atoms with Gasteiger partial charge in [-0.2, -0.15) is 0 Å². The largest absolute Gasteiger partial charge is 0.376 e. The van der Waals surface area contributed by atoms with Gasteiger partial charge in [0.2, 0.25) is 0 Å². The van der Waals surface area contributed by atoms with E-state index in [2.05, 4.69) is 5.32 Å². The summed E-state index contributed by atoms with van der Waals surface area (Å²) in [5.41, 5.74) is -0.205. The number of nitrogens with one attached hydrogen (secondary N) is 1. The van der Waals surface area contributed by atoms with Gasteiger partial charge in [0.15, 0.2) is 14.8 Å². The zero-order valence-corrected chi connectivity index (χ0v) is 11.9. The molecule has 1 N–H and O–H groups in total. The molecule has 1 aliphatic rings. The van der Waals surface area contributed by atoms with E-state index >= 15 is 0 Å². The molecule has 1 unspecified atom stereocenters. The van der Waals surface area contributed by atoms with Crippen molar-refractivity contribution in [2.75, 3.05) is 24.7 Å². The van der Waals surface area contributed by atoms with Gasteiger partial charge in [0.1, 0.15) is 4.21 Å². The van der Waals surface area contributed by atoms with Gasteiger partial charge in [-0.15, -0.1) is 0 Å². The van der Waals surface area contributed by atoms with Gasteiger partial charge in [0, 0.05) is 25.5 Å². The lowest BCUT2D eigenvalue weighted by Crippen LogP contribution is -2.18. The normalized spacial score (nSPS) is 19.5. The average Bonchev–Trinajstić information content (AvgIpc) is 2.94. The van der Waals surface area contributed by atoms with Crippen LogP contribution in [0.25, 0.3) is 0 Å². The third kappa shape index (κ3) is 3.43. The van der Waals surface area contributed by atoms with Crippen LogP contribution in [-0.4, -0.2) is 38.9 Å². The van der Waals surface area contributed by atoms with Crippen LogP contribution in [0.3, 0.4) is 0 Å². The highest BCUT2D eigenvalue weighted by Gasteiger charge is 2.24. The molecule has 1 fully saturated rings. The summed E-state index contributed by atoms with van der Waals surface area (Å²) in [6.45, 7) is 1.15. The van der Waals surface area contributed by atoms with Gasteiger partial charge >= 0.3 is 5.69 Å². The van der Waals surface area contributed by atoms with E-state index in [1.165, 1.54) is 0 Å². The van der Waals surface area contributed by atoms with Crippen molar-refractivity contribution in [3.8, 4) is 0 Å². The maximum Gasteiger partial charge on any atom is 0.304 e. The topological polar surface area (TPSA) is 98.5 Å². The summed E-state index contributed by atoms with van der Waals surface area (Å²) in [6, 6.07) is 1.10. The van der Waals surface area contributed by atoms with Crippen molar-refractivity contribution >= 4 is 31.9 Å². The molecule has 9 heteroatoms. The summed E-state index contributed by atoms with van der Waals surface area (Å²) in [7, 11) is -3.43. The Balaban J connectivity index is 2.17. The predicted molar refractivity (Wildman–Crippen MR) is 71.5 cm³/mol. The van der Waals surface area contributed by atoms with Gasteiger partial charge in [-0.25, -0.2) is 8.42 Å². The van der Waals surface area contributed by atoms with Crippen molar-refractivity contribution in [2.45, 2.75) is 23.2 Å². The van der Waals surface area contributed by atoms with Crippen molar-refractivity contribution in [1.29, 1.82) is 0 Å². The molecule has 0 bridgehead atoms. The lowest BCUT2D eigenvalue weighted by atomic mass is 10.2. The summed E-state index contributed by atoms with van der Waals surface area (Å²) >= 11 is 0.882. The van der Waals surface area contributed by atoms with Gasteiger partial charge in [0.25, 0.3) is 0 Å². The first-order valence-electron chi connectivity index (χ1n) is 5.71. The Kier molecular flexibility index (Phi) is 4.07. The SMILES string of the molecule is CS(=O)(=O)c1cc([N+](=O)[O-])c(NCC2CCCO2)s1. The Labute approximate surface area is 114 Å². The molecule has 2 heterocycles. The number of nitrogens with zero attached hydrogens (tertiary/aromatic N) is 1. The van der Waals surface area contributed by atoms with Gasteiger partial charge in [-0.3, -0.25) is 10.1 Å². The van der Waals surface area contributed by atoms with Crippen LogP contribution >= 0.6 is 11.3 Å². The van der Waals surface area contributed by atoms with Crippen molar-refractivity contribution in [3.05, 3.63) is 16.2 Å². The summed E-state index contributed by atoms with van der Waals surface area (Å²) in [5, 5.41) is 14.1. The lowest BCUT2D eigenvalue weighted by molar-refractivity contribution is -0.383. The Bertz CT molecular complexity index is 575. The molecule has 2 rings (SSSR count). The summed E-state index contributed by atoms with van der Waals surface area (Å²) < 4.78 is 28.2. The van der Waals surface area contributed by atoms with E-state index in [0.29, 0.717) is 13.2 Å². The second-order valence-electron chi connectivity index (χ2n) is 4.33. The number of ether oxygens (including phenoxy) is 1. The van der Waals surface area contributed by atoms with E-state index in [0.717, 1.165) is 36.5 Å². The predicted octanol–water partition coefficient (Wildman–Crippen LogP) is 1.65. The molecule has 1 atom stereocenters. The fourth-order valence-electron chi connectivity index (χ4n) is 1.82. The van der Waals surface area contributed by atoms with E-state index < -0.39 is 14.8 Å². The Hall–Kier alpha value is -1.19. The number of anilines is 1. The zero-order valence-electron chi connectivity index (χ0n) is 10.3. The van der Waals surface area contributed by atoms with Gasteiger partial charge in [-0.1, -0.05) is 11.3 Å². The van der Waals surface area contributed by atoms with E-state index in [9.17, 15) is 18.5 Å². The van der Waals surface area contributed by atoms with E-state index in [-0.39, 0.29) is 21.0 Å². The van der Waals surface area contributed by atoms with Crippen LogP contribution in [-0.2, 0) is 14.6 Å². The number of rotatable bonds is 5. The monoisotopic (exact) mass is 306 g/mol. The molecule has 0 radical (unpaired) electrons. The summed E-state index contributed by atoms with van der Waals surface area (Å²) in [4.78, 5) is 10.3. The molecule has 0 spiro atoms. The highest BCUT2D eigenvalue weighted by atomic mass is 32.2. The summed E-state index contributed by atoms with van der Waals surface area (Å²) in [5.74, 6) is 0. The number of hydrogen-bond donors (Lipinski definition) is 1. The van der Waals surface area contributed by atoms with E-state index in [1.807, 2.05) is 0 Å². The second-order valence-corrected chi connectivity index (χ2v) is 7.62. The molecule has 0 aromatic carbocycles. The highest BCUT2D eigenvalue weighted by Crippen LogP contribution is 2.37. The standard InChI is InChI=1S/C10H14N2O5S2/c1-19(15,16)9-5-8(12(13)14)10(18-9)11-6-7-3-2-4-17-7/h5,7,11H,2-4,6H2,1H3. The van der Waals surface area contributed by atoms with Crippen LogP contribution in [0.1, 0.15) is 12.8 Å². The molecular weight excluding hydrogens is 292 g/mol. The highest BCUT2D eigenvalue weighted by molar-refractivity contribution is 7.92. The third-order valence-corrected chi connectivity index (χ3v) is 5.65. The molecular formula is C10H14N2O5S2. The molecule has 1 aromatic rings. The van der Waals surface area contributed by atoms with Crippen LogP contribution in [0.15, 0.2) is 10.3 Å². The number of nitro groups is 1. The second kappa shape index (κ2) is 5.43. The fourth-order valence-corrected chi connectivity index (χ4v) is 3.76. The minimum Gasteiger partial charge on any atom is -0.376 e. The quantitative estimate of drug-likeness (QED) is 0.656. The first-order chi connectivity index (χ1) is 8.88. The first-order valence-corrected chi connectivity index (χ1v) is 8.42. The third-order valence-electron chi connectivity index (χ3n) is 2.77. The minimum atomic E-state index is -3.43. The molecule has 106 valence electrons. The Morgan fingerprint density at radius 1 is 1.63 bits per heavy atom. The zero-order chi connectivity index (χ0) is 14.0. The molecule has 1 aliphatic heterocycles. The van der Waals surface area contributed by atoms with Gasteiger partial charge < -0.3 is 10.1 Å². The molecule has 1 aromatic heterocycles. The number of hydrogen-bond acceptors (Lipinski definition) is 7. The van der Waals surface area contributed by atoms with Crippen molar-refractivity contribution in [2.24, 2.45) is 0 Å². The molecule has 0 aliphatic carbocycles. The van der Waals surface area contributed by atoms with Crippen LogP contribution in [0, 0.1) is 10.1 Å². The molecule has 7 nitrogen and oxygen atoms in total. The van der Waals surface area contributed by atoms with Crippen molar-refractivity contribution in [1.82, 2.24) is 0 Å². The van der Waals surface area contributed by atoms with Crippen LogP contribution in [0.2, 0.25) is 0 Å². The molecule has 0 amide bonds. The average molecular weight is 306 g/mol. The van der Waals surface area contributed by atoms with Crippen molar-refractivity contribution < 1.29 is 18.1 Å². The van der Waals surface area contributed by atoms with Crippen molar-refractivity contribution in [3.63, 3.8) is 0 Å². The van der Waals surface area contributed by atoms with Crippen LogP contribution in [0.5, 0.6) is 0 Å². The smallest absolute Gasteiger partial charge is 0.304 e. The summed E-state index contributed by atoms with van der Waals surface area (Å²) in [6.07, 6.45) is 2.95. The fraction of sp³-hybridized carbons (Fsp3) is 0.600. The van der Waals surface area contributed by atoms with Crippen LogP contribution < -0.4 is 5.32 Å². The van der Waals surface area contributed by atoms with Gasteiger partial charge in [-0.05, 0) is 12.8 Å². The van der Waals surface area contributed by atoms with Crippen LogP contribution in [0.4, 0.5) is 10.7 Å². The van der Waals surface area contributed by atoms with E-state index in [4.69, 9.17) is 4.74 Å². The Morgan fingerprint density at radius 2 is 2.37 bits per heavy atom. The Morgan fingerprint density at radius 3 is 2.89 bits per heavy atom. The minimum absolute atomic E-state index is 0.00552. The maximum atomic E-state index is 11.4. The lowest BCUT2D eigenvalue weighted by Gasteiger charge is -2.09. The molecule has 1 saturated heterocycles. The first kappa shape index (κ1) is 14.2.